The predicted molar refractivity (Wildman–Crippen MR) is 65.2 cm³/mol. The molecule has 1 aromatic heterocycles. The molecule has 0 bridgehead atoms. The number of hydrogen-bond acceptors (Lipinski definition) is 3. The lowest BCUT2D eigenvalue weighted by atomic mass is 10.1. The molecule has 17 heavy (non-hydrogen) atoms. The first-order chi connectivity index (χ1) is 8.24. The van der Waals surface area contributed by atoms with Gasteiger partial charge in [0.05, 0.1) is 6.20 Å². The van der Waals surface area contributed by atoms with Gasteiger partial charge in [-0.1, -0.05) is 12.1 Å². The Bertz CT molecular complexity index is 456. The minimum Gasteiger partial charge on any atom is -0.366 e. The summed E-state index contributed by atoms with van der Waals surface area (Å²) >= 11 is 0. The Kier molecular flexibility index (Phi) is 3.65. The highest BCUT2D eigenvalue weighted by Crippen LogP contribution is 2.08. The first-order valence-electron chi connectivity index (χ1n) is 5.51. The van der Waals surface area contributed by atoms with Crippen LogP contribution < -0.4 is 5.32 Å². The molecule has 0 aliphatic rings. The standard InChI is InChI=1S/C13H14FN3/c1-10(17-13-9-15-6-7-16-13)8-11-2-4-12(14)5-3-11/h2-7,9-10H,8H2,1H3,(H,16,17). The van der Waals surface area contributed by atoms with Crippen molar-refractivity contribution in [2.45, 2.75) is 19.4 Å². The molecule has 1 atom stereocenters. The third-order valence-electron chi connectivity index (χ3n) is 2.41. The van der Waals surface area contributed by atoms with Crippen molar-refractivity contribution in [1.29, 1.82) is 0 Å². The molecular weight excluding hydrogens is 217 g/mol. The third kappa shape index (κ3) is 3.52. The molecule has 0 radical (unpaired) electrons. The van der Waals surface area contributed by atoms with Crippen LogP contribution >= 0.6 is 0 Å². The minimum absolute atomic E-state index is 0.205. The van der Waals surface area contributed by atoms with Crippen LogP contribution in [0.3, 0.4) is 0 Å². The third-order valence-corrected chi connectivity index (χ3v) is 2.41. The Labute approximate surface area is 99.7 Å². The molecule has 2 rings (SSSR count). The fraction of sp³-hybridized carbons (Fsp3) is 0.231. The predicted octanol–water partition coefficient (Wildman–Crippen LogP) is 2.66. The van der Waals surface area contributed by atoms with E-state index < -0.39 is 0 Å². The SMILES string of the molecule is CC(Cc1ccc(F)cc1)Nc1cnccn1. The van der Waals surface area contributed by atoms with E-state index in [4.69, 9.17) is 0 Å². The van der Waals surface area contributed by atoms with Crippen LogP contribution in [0, 0.1) is 5.82 Å². The number of halogens is 1. The molecule has 1 heterocycles. The molecule has 0 aliphatic heterocycles. The van der Waals surface area contributed by atoms with E-state index in [0.717, 1.165) is 17.8 Å². The van der Waals surface area contributed by atoms with Crippen LogP contribution in [0.2, 0.25) is 0 Å². The first-order valence-corrected chi connectivity index (χ1v) is 5.51. The van der Waals surface area contributed by atoms with E-state index in [1.807, 2.05) is 0 Å². The van der Waals surface area contributed by atoms with Gasteiger partial charge in [0.25, 0.3) is 0 Å². The highest BCUT2D eigenvalue weighted by Gasteiger charge is 2.04. The Balaban J connectivity index is 1.93. The molecule has 0 amide bonds. The summed E-state index contributed by atoms with van der Waals surface area (Å²) in [6.45, 7) is 2.05. The first kappa shape index (κ1) is 11.5. The van der Waals surface area contributed by atoms with Gasteiger partial charge in [-0.25, -0.2) is 9.37 Å². The van der Waals surface area contributed by atoms with Gasteiger partial charge in [-0.05, 0) is 31.0 Å². The summed E-state index contributed by atoms with van der Waals surface area (Å²) in [5.41, 5.74) is 1.09. The van der Waals surface area contributed by atoms with Crippen molar-refractivity contribution in [3.63, 3.8) is 0 Å². The smallest absolute Gasteiger partial charge is 0.144 e. The number of nitrogens with zero attached hydrogens (tertiary/aromatic N) is 2. The van der Waals surface area contributed by atoms with E-state index in [-0.39, 0.29) is 11.9 Å². The minimum atomic E-state index is -0.205. The molecule has 0 saturated heterocycles. The van der Waals surface area contributed by atoms with Crippen molar-refractivity contribution in [2.75, 3.05) is 5.32 Å². The van der Waals surface area contributed by atoms with Gasteiger partial charge in [0, 0.05) is 18.4 Å². The van der Waals surface area contributed by atoms with Gasteiger partial charge in [-0.15, -0.1) is 0 Å². The molecule has 0 spiro atoms. The molecule has 0 aliphatic carbocycles. The average molecular weight is 231 g/mol. The lowest BCUT2D eigenvalue weighted by molar-refractivity contribution is 0.626. The summed E-state index contributed by atoms with van der Waals surface area (Å²) in [5, 5.41) is 3.24. The average Bonchev–Trinajstić information content (AvgIpc) is 2.33. The van der Waals surface area contributed by atoms with Crippen LogP contribution in [-0.2, 0) is 6.42 Å². The molecule has 1 N–H and O–H groups in total. The molecule has 0 saturated carbocycles. The Hall–Kier alpha value is -1.97. The van der Waals surface area contributed by atoms with E-state index in [2.05, 4.69) is 22.2 Å². The lowest BCUT2D eigenvalue weighted by Crippen LogP contribution is -2.18. The van der Waals surface area contributed by atoms with Crippen LogP contribution in [0.5, 0.6) is 0 Å². The second-order valence-corrected chi connectivity index (χ2v) is 3.97. The maximum absolute atomic E-state index is 12.7. The van der Waals surface area contributed by atoms with Crippen molar-refractivity contribution in [2.24, 2.45) is 0 Å². The van der Waals surface area contributed by atoms with Gasteiger partial charge in [-0.3, -0.25) is 4.98 Å². The maximum atomic E-state index is 12.7. The Morgan fingerprint density at radius 1 is 1.24 bits per heavy atom. The molecule has 88 valence electrons. The zero-order valence-electron chi connectivity index (χ0n) is 9.60. The Morgan fingerprint density at radius 2 is 2.00 bits per heavy atom. The van der Waals surface area contributed by atoms with Gasteiger partial charge in [0.2, 0.25) is 0 Å². The van der Waals surface area contributed by atoms with Crippen LogP contribution in [0.15, 0.2) is 42.9 Å². The highest BCUT2D eigenvalue weighted by atomic mass is 19.1. The molecular formula is C13H14FN3. The van der Waals surface area contributed by atoms with E-state index in [9.17, 15) is 4.39 Å². The van der Waals surface area contributed by atoms with Crippen molar-refractivity contribution in [1.82, 2.24) is 9.97 Å². The number of benzene rings is 1. The fourth-order valence-electron chi connectivity index (χ4n) is 1.65. The maximum Gasteiger partial charge on any atom is 0.144 e. The zero-order chi connectivity index (χ0) is 12.1. The highest BCUT2D eigenvalue weighted by molar-refractivity contribution is 5.32. The number of nitrogens with one attached hydrogen (secondary N) is 1. The summed E-state index contributed by atoms with van der Waals surface area (Å²) in [6, 6.07) is 6.76. The van der Waals surface area contributed by atoms with Gasteiger partial charge in [0.1, 0.15) is 11.6 Å². The number of hydrogen-bond donors (Lipinski definition) is 1. The molecule has 0 fully saturated rings. The van der Waals surface area contributed by atoms with Crippen molar-refractivity contribution >= 4 is 5.82 Å². The second kappa shape index (κ2) is 5.39. The van der Waals surface area contributed by atoms with E-state index in [0.29, 0.717) is 0 Å². The van der Waals surface area contributed by atoms with E-state index >= 15 is 0 Å². The van der Waals surface area contributed by atoms with Crippen LogP contribution in [0.25, 0.3) is 0 Å². The van der Waals surface area contributed by atoms with Crippen molar-refractivity contribution in [3.8, 4) is 0 Å². The van der Waals surface area contributed by atoms with Crippen LogP contribution in [0.1, 0.15) is 12.5 Å². The van der Waals surface area contributed by atoms with Gasteiger partial charge in [0.15, 0.2) is 0 Å². The molecule has 1 aromatic carbocycles. The summed E-state index contributed by atoms with van der Waals surface area (Å²) in [6.07, 6.45) is 5.78. The van der Waals surface area contributed by atoms with Crippen molar-refractivity contribution < 1.29 is 4.39 Å². The number of rotatable bonds is 4. The van der Waals surface area contributed by atoms with Crippen LogP contribution in [0.4, 0.5) is 10.2 Å². The number of anilines is 1. The largest absolute Gasteiger partial charge is 0.366 e. The normalized spacial score (nSPS) is 12.1. The van der Waals surface area contributed by atoms with E-state index in [1.165, 1.54) is 12.1 Å². The summed E-state index contributed by atoms with van der Waals surface area (Å²) in [7, 11) is 0. The quantitative estimate of drug-likeness (QED) is 0.879. The topological polar surface area (TPSA) is 37.8 Å². The molecule has 2 aromatic rings. The lowest BCUT2D eigenvalue weighted by Gasteiger charge is -2.13. The fourth-order valence-corrected chi connectivity index (χ4v) is 1.65. The van der Waals surface area contributed by atoms with E-state index in [1.54, 1.807) is 30.7 Å². The summed E-state index contributed by atoms with van der Waals surface area (Å²) < 4.78 is 12.7. The summed E-state index contributed by atoms with van der Waals surface area (Å²) in [4.78, 5) is 8.12. The van der Waals surface area contributed by atoms with Crippen molar-refractivity contribution in [3.05, 3.63) is 54.2 Å². The zero-order valence-corrected chi connectivity index (χ0v) is 9.60. The molecule has 1 unspecified atom stereocenters. The Morgan fingerprint density at radius 3 is 2.65 bits per heavy atom. The second-order valence-electron chi connectivity index (χ2n) is 3.97. The summed E-state index contributed by atoms with van der Waals surface area (Å²) in [5.74, 6) is 0.547. The molecule has 4 heteroatoms. The van der Waals surface area contributed by atoms with Gasteiger partial charge in [-0.2, -0.15) is 0 Å². The van der Waals surface area contributed by atoms with Gasteiger partial charge < -0.3 is 5.32 Å². The molecule has 3 nitrogen and oxygen atoms in total. The van der Waals surface area contributed by atoms with Crippen LogP contribution in [-0.4, -0.2) is 16.0 Å². The monoisotopic (exact) mass is 231 g/mol. The number of aromatic nitrogens is 2. The van der Waals surface area contributed by atoms with Gasteiger partial charge >= 0.3 is 0 Å².